The monoisotopic (exact) mass is 456 g/mol. The molecule has 3 aromatic rings. The molecule has 1 amide bonds. The van der Waals surface area contributed by atoms with Crippen molar-refractivity contribution in [2.45, 2.75) is 39.2 Å². The van der Waals surface area contributed by atoms with Gasteiger partial charge in [0, 0.05) is 24.5 Å². The number of aromatic nitrogens is 2. The zero-order chi connectivity index (χ0) is 22.0. The minimum absolute atomic E-state index is 0. The van der Waals surface area contributed by atoms with Crippen LogP contribution in [0.3, 0.4) is 0 Å². The summed E-state index contributed by atoms with van der Waals surface area (Å²) in [4.78, 5) is 23.1. The fourth-order valence-electron chi connectivity index (χ4n) is 4.45. The smallest absolute Gasteiger partial charge is 0.404 e. The Balaban J connectivity index is 0.00000289. The number of fused-ring (bicyclic) bond motifs is 1. The van der Waals surface area contributed by atoms with Crippen molar-refractivity contribution in [3.05, 3.63) is 48.0 Å². The number of hydrogen-bond acceptors (Lipinski definition) is 5. The van der Waals surface area contributed by atoms with Crippen LogP contribution < -0.4 is 10.2 Å². The van der Waals surface area contributed by atoms with E-state index in [0.29, 0.717) is 11.4 Å². The third-order valence-electron chi connectivity index (χ3n) is 5.98. The van der Waals surface area contributed by atoms with Gasteiger partial charge in [-0.15, -0.1) is 12.4 Å². The number of nitrogens with zero attached hydrogens (tertiary/aromatic N) is 3. The normalized spacial score (nSPS) is 16.6. The number of carbonyl (C=O) groups is 1. The van der Waals surface area contributed by atoms with Crippen LogP contribution >= 0.6 is 12.4 Å². The highest BCUT2D eigenvalue weighted by molar-refractivity contribution is 5.92. The average molecular weight is 457 g/mol. The highest BCUT2D eigenvalue weighted by Crippen LogP contribution is 2.34. The summed E-state index contributed by atoms with van der Waals surface area (Å²) in [5.41, 5.74) is 2.54. The molecule has 7 nitrogen and oxygen atoms in total. The number of amides is 1. The maximum Gasteiger partial charge on any atom is 0.404 e. The fourth-order valence-corrected chi connectivity index (χ4v) is 4.45. The van der Waals surface area contributed by atoms with Crippen molar-refractivity contribution >= 4 is 35.2 Å². The Labute approximate surface area is 193 Å². The Morgan fingerprint density at radius 2 is 2.03 bits per heavy atom. The number of hydrogen-bond donors (Lipinski definition) is 3. The minimum atomic E-state index is -0.971. The summed E-state index contributed by atoms with van der Waals surface area (Å²) in [5, 5.41) is 23.3. The first kappa shape index (κ1) is 23.6. The SMILES string of the molecule is CCCC(NC(=O)O)C1CCN(c2nc(-c3ccccc3O)nc3cc(C)ccc23)C1.Cl. The van der Waals surface area contributed by atoms with Crippen LogP contribution in [-0.2, 0) is 0 Å². The predicted molar refractivity (Wildman–Crippen MR) is 129 cm³/mol. The van der Waals surface area contributed by atoms with Gasteiger partial charge in [-0.2, -0.15) is 0 Å². The molecule has 1 saturated heterocycles. The van der Waals surface area contributed by atoms with E-state index in [-0.39, 0.29) is 30.1 Å². The van der Waals surface area contributed by atoms with E-state index in [9.17, 15) is 15.0 Å². The number of nitrogens with one attached hydrogen (secondary N) is 1. The second-order valence-corrected chi connectivity index (χ2v) is 8.25. The Morgan fingerprint density at radius 1 is 1.25 bits per heavy atom. The molecule has 1 aromatic heterocycles. The average Bonchev–Trinajstić information content (AvgIpc) is 3.22. The number of aryl methyl sites for hydroxylation is 1. The van der Waals surface area contributed by atoms with Gasteiger partial charge in [-0.3, -0.25) is 0 Å². The van der Waals surface area contributed by atoms with Crippen LogP contribution in [0, 0.1) is 12.8 Å². The standard InChI is InChI=1S/C24H28N4O3.ClH/c1-3-6-19(26-24(30)31)16-11-12-28(14-16)23-17-10-9-15(2)13-20(17)25-22(27-23)18-7-4-5-8-21(18)29;/h4-5,7-10,13,16,19,26,29H,3,6,11-12,14H2,1-2H3,(H,30,31);1H. The second-order valence-electron chi connectivity index (χ2n) is 8.25. The van der Waals surface area contributed by atoms with Crippen LogP contribution in [0.15, 0.2) is 42.5 Å². The molecular weight excluding hydrogens is 428 g/mol. The molecule has 0 spiro atoms. The molecule has 0 saturated carbocycles. The summed E-state index contributed by atoms with van der Waals surface area (Å²) in [7, 11) is 0. The second kappa shape index (κ2) is 10.0. The van der Waals surface area contributed by atoms with Gasteiger partial charge >= 0.3 is 6.09 Å². The Kier molecular flexibility index (Phi) is 7.40. The van der Waals surface area contributed by atoms with Gasteiger partial charge in [0.05, 0.1) is 11.1 Å². The third kappa shape index (κ3) is 4.88. The first-order chi connectivity index (χ1) is 15.0. The van der Waals surface area contributed by atoms with E-state index in [2.05, 4.69) is 17.1 Å². The molecule has 170 valence electrons. The first-order valence-electron chi connectivity index (χ1n) is 10.8. The highest BCUT2D eigenvalue weighted by Gasteiger charge is 2.32. The number of halogens is 1. The summed E-state index contributed by atoms with van der Waals surface area (Å²) < 4.78 is 0. The lowest BCUT2D eigenvalue weighted by Gasteiger charge is -2.25. The van der Waals surface area contributed by atoms with E-state index in [1.165, 1.54) is 0 Å². The van der Waals surface area contributed by atoms with Gasteiger partial charge in [-0.05, 0) is 55.5 Å². The van der Waals surface area contributed by atoms with E-state index in [0.717, 1.165) is 54.6 Å². The molecule has 2 unspecified atom stereocenters. The van der Waals surface area contributed by atoms with Gasteiger partial charge in [-0.25, -0.2) is 14.8 Å². The lowest BCUT2D eigenvalue weighted by molar-refractivity contribution is 0.183. The fraction of sp³-hybridized carbons (Fsp3) is 0.375. The number of carboxylic acid groups (broad SMARTS) is 1. The van der Waals surface area contributed by atoms with Crippen molar-refractivity contribution in [2.75, 3.05) is 18.0 Å². The molecule has 2 atom stereocenters. The van der Waals surface area contributed by atoms with Crippen LogP contribution in [0.1, 0.15) is 31.7 Å². The van der Waals surface area contributed by atoms with E-state index in [4.69, 9.17) is 9.97 Å². The summed E-state index contributed by atoms with van der Waals surface area (Å²) in [6, 6.07) is 13.1. The maximum atomic E-state index is 11.3. The van der Waals surface area contributed by atoms with Gasteiger partial charge in [0.25, 0.3) is 0 Å². The first-order valence-corrected chi connectivity index (χ1v) is 10.8. The van der Waals surface area contributed by atoms with Crippen LogP contribution in [0.4, 0.5) is 10.6 Å². The number of aromatic hydroxyl groups is 1. The zero-order valence-electron chi connectivity index (χ0n) is 18.3. The number of para-hydroxylation sites is 1. The molecule has 1 aliphatic heterocycles. The minimum Gasteiger partial charge on any atom is -0.507 e. The molecule has 2 heterocycles. The van der Waals surface area contributed by atoms with Crippen LogP contribution in [0.2, 0.25) is 0 Å². The van der Waals surface area contributed by atoms with Crippen LogP contribution in [-0.4, -0.2) is 45.4 Å². The largest absolute Gasteiger partial charge is 0.507 e. The molecule has 1 aliphatic rings. The quantitative estimate of drug-likeness (QED) is 0.483. The summed E-state index contributed by atoms with van der Waals surface area (Å²) in [5.74, 6) is 1.69. The Bertz CT molecular complexity index is 1110. The number of benzene rings is 2. The lowest BCUT2D eigenvalue weighted by Crippen LogP contribution is -2.40. The lowest BCUT2D eigenvalue weighted by atomic mass is 9.95. The third-order valence-corrected chi connectivity index (χ3v) is 5.98. The van der Waals surface area contributed by atoms with Crippen molar-refractivity contribution in [1.82, 2.24) is 15.3 Å². The molecule has 0 bridgehead atoms. The van der Waals surface area contributed by atoms with Gasteiger partial charge < -0.3 is 20.4 Å². The number of phenols is 1. The molecule has 4 rings (SSSR count). The molecular formula is C24H29ClN4O3. The van der Waals surface area contributed by atoms with Crippen molar-refractivity contribution < 1.29 is 15.0 Å². The van der Waals surface area contributed by atoms with Gasteiger partial charge in [0.1, 0.15) is 11.6 Å². The van der Waals surface area contributed by atoms with Crippen LogP contribution in [0.25, 0.3) is 22.3 Å². The van der Waals surface area contributed by atoms with Gasteiger partial charge in [-0.1, -0.05) is 31.5 Å². The number of phenolic OH excluding ortho intramolecular Hbond substituents is 1. The van der Waals surface area contributed by atoms with E-state index in [1.54, 1.807) is 12.1 Å². The topological polar surface area (TPSA) is 98.6 Å². The van der Waals surface area contributed by atoms with Crippen molar-refractivity contribution in [1.29, 1.82) is 0 Å². The Hall–Kier alpha value is -3.06. The maximum absolute atomic E-state index is 11.3. The molecule has 32 heavy (non-hydrogen) atoms. The number of rotatable bonds is 6. The van der Waals surface area contributed by atoms with E-state index in [1.807, 2.05) is 37.3 Å². The van der Waals surface area contributed by atoms with Gasteiger partial charge in [0.2, 0.25) is 0 Å². The predicted octanol–water partition coefficient (Wildman–Crippen LogP) is 5.00. The highest BCUT2D eigenvalue weighted by atomic mass is 35.5. The molecule has 0 aliphatic carbocycles. The summed E-state index contributed by atoms with van der Waals surface area (Å²) in [6.45, 7) is 5.62. The molecule has 0 radical (unpaired) electrons. The van der Waals surface area contributed by atoms with Crippen molar-refractivity contribution in [3.63, 3.8) is 0 Å². The molecule has 8 heteroatoms. The molecule has 2 aromatic carbocycles. The van der Waals surface area contributed by atoms with E-state index >= 15 is 0 Å². The van der Waals surface area contributed by atoms with Crippen molar-refractivity contribution in [2.24, 2.45) is 5.92 Å². The van der Waals surface area contributed by atoms with Crippen LogP contribution in [0.5, 0.6) is 5.75 Å². The summed E-state index contributed by atoms with van der Waals surface area (Å²) >= 11 is 0. The Morgan fingerprint density at radius 3 is 2.75 bits per heavy atom. The van der Waals surface area contributed by atoms with Gasteiger partial charge in [0.15, 0.2) is 5.82 Å². The van der Waals surface area contributed by atoms with E-state index < -0.39 is 6.09 Å². The molecule has 3 N–H and O–H groups in total. The summed E-state index contributed by atoms with van der Waals surface area (Å²) in [6.07, 6.45) is 1.67. The zero-order valence-corrected chi connectivity index (χ0v) is 19.1. The van der Waals surface area contributed by atoms with Crippen molar-refractivity contribution in [3.8, 4) is 17.1 Å². The number of anilines is 1. The molecule has 1 fully saturated rings.